The number of nitrogens with one attached hydrogen (secondary N) is 1. The first-order chi connectivity index (χ1) is 11.6. The number of carbonyl (C=O) groups excluding carboxylic acids is 2. The van der Waals surface area contributed by atoms with Crippen molar-refractivity contribution in [2.75, 3.05) is 18.4 Å². The number of aromatic nitrogens is 2. The smallest absolute Gasteiger partial charge is 0.253 e. The molecule has 2 amide bonds. The van der Waals surface area contributed by atoms with E-state index in [0.717, 1.165) is 31.5 Å². The number of rotatable bonds is 5. The average Bonchev–Trinajstić information content (AvgIpc) is 3.24. The summed E-state index contributed by atoms with van der Waals surface area (Å²) in [6, 6.07) is 7.14. The zero-order chi connectivity index (χ0) is 16.9. The number of carbonyl (C=O) groups is 2. The Balaban J connectivity index is 1.57. The van der Waals surface area contributed by atoms with E-state index in [-0.39, 0.29) is 11.8 Å². The first kappa shape index (κ1) is 16.2. The summed E-state index contributed by atoms with van der Waals surface area (Å²) < 4.78 is 1.75. The number of hydrogen-bond donors (Lipinski definition) is 1. The lowest BCUT2D eigenvalue weighted by molar-refractivity contribution is -0.116. The lowest BCUT2D eigenvalue weighted by Crippen LogP contribution is -2.27. The normalized spacial score (nSPS) is 14.0. The van der Waals surface area contributed by atoms with E-state index in [1.165, 1.54) is 0 Å². The number of benzene rings is 1. The van der Waals surface area contributed by atoms with Gasteiger partial charge in [-0.05, 0) is 43.5 Å². The van der Waals surface area contributed by atoms with Crippen LogP contribution in [0.25, 0.3) is 0 Å². The summed E-state index contributed by atoms with van der Waals surface area (Å²) in [5.41, 5.74) is 2.35. The van der Waals surface area contributed by atoms with E-state index in [1.807, 2.05) is 18.0 Å². The highest BCUT2D eigenvalue weighted by Crippen LogP contribution is 2.16. The van der Waals surface area contributed by atoms with Gasteiger partial charge >= 0.3 is 0 Å². The predicted molar refractivity (Wildman–Crippen MR) is 91.8 cm³/mol. The molecule has 24 heavy (non-hydrogen) atoms. The Hall–Kier alpha value is -2.63. The number of aryl methyl sites for hydroxylation is 2. The second kappa shape index (κ2) is 7.29. The Labute approximate surface area is 141 Å². The Morgan fingerprint density at radius 3 is 2.75 bits per heavy atom. The maximum Gasteiger partial charge on any atom is 0.253 e. The molecule has 0 spiro atoms. The highest BCUT2D eigenvalue weighted by molar-refractivity contribution is 5.97. The van der Waals surface area contributed by atoms with E-state index in [2.05, 4.69) is 10.4 Å². The SMILES string of the molecule is Cc1cnn(CCC(=O)Nc2cccc(C(=O)N3CCCC3)c2)c1. The van der Waals surface area contributed by atoms with Crippen LogP contribution in [0.4, 0.5) is 5.69 Å². The molecule has 6 heteroatoms. The molecule has 1 saturated heterocycles. The van der Waals surface area contributed by atoms with E-state index >= 15 is 0 Å². The number of hydrogen-bond acceptors (Lipinski definition) is 3. The van der Waals surface area contributed by atoms with Crippen LogP contribution in [0.3, 0.4) is 0 Å². The molecular weight excluding hydrogens is 304 g/mol. The molecule has 126 valence electrons. The highest BCUT2D eigenvalue weighted by atomic mass is 16.2. The monoisotopic (exact) mass is 326 g/mol. The fourth-order valence-electron chi connectivity index (χ4n) is 2.86. The van der Waals surface area contributed by atoms with Crippen LogP contribution in [-0.4, -0.2) is 39.6 Å². The zero-order valence-corrected chi connectivity index (χ0v) is 13.9. The van der Waals surface area contributed by atoms with Gasteiger partial charge in [-0.15, -0.1) is 0 Å². The zero-order valence-electron chi connectivity index (χ0n) is 13.9. The van der Waals surface area contributed by atoms with Crippen molar-refractivity contribution in [1.29, 1.82) is 0 Å². The average molecular weight is 326 g/mol. The van der Waals surface area contributed by atoms with E-state index in [9.17, 15) is 9.59 Å². The topological polar surface area (TPSA) is 67.2 Å². The van der Waals surface area contributed by atoms with Gasteiger partial charge < -0.3 is 10.2 Å². The summed E-state index contributed by atoms with van der Waals surface area (Å²) in [4.78, 5) is 26.3. The van der Waals surface area contributed by atoms with Crippen molar-refractivity contribution in [3.8, 4) is 0 Å². The van der Waals surface area contributed by atoms with Crippen molar-refractivity contribution < 1.29 is 9.59 Å². The Morgan fingerprint density at radius 1 is 1.25 bits per heavy atom. The van der Waals surface area contributed by atoms with Crippen LogP contribution in [-0.2, 0) is 11.3 Å². The van der Waals surface area contributed by atoms with Crippen LogP contribution in [0.1, 0.15) is 35.2 Å². The first-order valence-corrected chi connectivity index (χ1v) is 8.30. The maximum absolute atomic E-state index is 12.4. The standard InChI is InChI=1S/C18H22N4O2/c1-14-12-19-22(13-14)10-7-17(23)20-16-6-4-5-15(11-16)18(24)21-8-2-3-9-21/h4-6,11-13H,2-3,7-10H2,1H3,(H,20,23). The van der Waals surface area contributed by atoms with Gasteiger partial charge in [0.05, 0.1) is 6.20 Å². The molecule has 1 N–H and O–H groups in total. The first-order valence-electron chi connectivity index (χ1n) is 8.30. The van der Waals surface area contributed by atoms with E-state index < -0.39 is 0 Å². The number of amides is 2. The van der Waals surface area contributed by atoms with Crippen molar-refractivity contribution in [3.63, 3.8) is 0 Å². The van der Waals surface area contributed by atoms with Crippen LogP contribution in [0, 0.1) is 6.92 Å². The summed E-state index contributed by atoms with van der Waals surface area (Å²) in [7, 11) is 0. The third-order valence-electron chi connectivity index (χ3n) is 4.12. The van der Waals surface area contributed by atoms with Crippen molar-refractivity contribution >= 4 is 17.5 Å². The highest BCUT2D eigenvalue weighted by Gasteiger charge is 2.19. The molecule has 2 aromatic rings. The minimum Gasteiger partial charge on any atom is -0.339 e. The molecule has 0 saturated carbocycles. The van der Waals surface area contributed by atoms with Crippen molar-refractivity contribution in [2.24, 2.45) is 0 Å². The van der Waals surface area contributed by atoms with Crippen LogP contribution in [0.5, 0.6) is 0 Å². The second-order valence-corrected chi connectivity index (χ2v) is 6.16. The molecule has 1 aliphatic rings. The summed E-state index contributed by atoms with van der Waals surface area (Å²) in [6.45, 7) is 4.13. The Kier molecular flexibility index (Phi) is 4.93. The molecule has 1 aromatic heterocycles. The van der Waals surface area contributed by atoms with Gasteiger partial charge in [-0.2, -0.15) is 5.10 Å². The van der Waals surface area contributed by atoms with Crippen LogP contribution in [0.15, 0.2) is 36.7 Å². The number of anilines is 1. The van der Waals surface area contributed by atoms with Gasteiger partial charge in [0.15, 0.2) is 0 Å². The number of nitrogens with zero attached hydrogens (tertiary/aromatic N) is 3. The molecule has 0 aliphatic carbocycles. The van der Waals surface area contributed by atoms with Crippen molar-refractivity contribution in [2.45, 2.75) is 32.7 Å². The lowest BCUT2D eigenvalue weighted by Gasteiger charge is -2.15. The fourth-order valence-corrected chi connectivity index (χ4v) is 2.86. The fraction of sp³-hybridized carbons (Fsp3) is 0.389. The predicted octanol–water partition coefficient (Wildman–Crippen LogP) is 2.46. The Morgan fingerprint density at radius 2 is 2.04 bits per heavy atom. The van der Waals surface area contributed by atoms with Gasteiger partial charge in [-0.3, -0.25) is 14.3 Å². The summed E-state index contributed by atoms with van der Waals surface area (Å²) in [5.74, 6) is -0.0514. The third-order valence-corrected chi connectivity index (χ3v) is 4.12. The third kappa shape index (κ3) is 4.01. The molecule has 0 bridgehead atoms. The Bertz CT molecular complexity index is 732. The molecule has 2 heterocycles. The minimum atomic E-state index is -0.0890. The summed E-state index contributed by atoms with van der Waals surface area (Å²) in [6.07, 6.45) is 6.14. The maximum atomic E-state index is 12.4. The van der Waals surface area contributed by atoms with E-state index in [0.29, 0.717) is 24.2 Å². The number of likely N-dealkylation sites (tertiary alicyclic amines) is 1. The van der Waals surface area contributed by atoms with Gasteiger partial charge in [0.2, 0.25) is 5.91 Å². The minimum absolute atomic E-state index is 0.0376. The summed E-state index contributed by atoms with van der Waals surface area (Å²) >= 11 is 0. The molecule has 0 atom stereocenters. The molecule has 0 unspecified atom stereocenters. The molecule has 1 aromatic carbocycles. The molecule has 3 rings (SSSR count). The van der Waals surface area contributed by atoms with Gasteiger partial charge in [-0.1, -0.05) is 6.07 Å². The molecule has 6 nitrogen and oxygen atoms in total. The van der Waals surface area contributed by atoms with E-state index in [4.69, 9.17) is 0 Å². The molecule has 1 aliphatic heterocycles. The second-order valence-electron chi connectivity index (χ2n) is 6.16. The molecule has 1 fully saturated rings. The lowest BCUT2D eigenvalue weighted by atomic mass is 10.1. The van der Waals surface area contributed by atoms with Gasteiger partial charge in [-0.25, -0.2) is 0 Å². The largest absolute Gasteiger partial charge is 0.339 e. The van der Waals surface area contributed by atoms with Crippen LogP contribution < -0.4 is 5.32 Å². The van der Waals surface area contributed by atoms with Gasteiger partial charge in [0.25, 0.3) is 5.91 Å². The van der Waals surface area contributed by atoms with Crippen LogP contribution >= 0.6 is 0 Å². The van der Waals surface area contributed by atoms with Gasteiger partial charge in [0.1, 0.15) is 0 Å². The molecule has 0 radical (unpaired) electrons. The quantitative estimate of drug-likeness (QED) is 0.918. The van der Waals surface area contributed by atoms with Gasteiger partial charge in [0, 0.05) is 43.5 Å². The molecular formula is C18H22N4O2. The van der Waals surface area contributed by atoms with E-state index in [1.54, 1.807) is 35.1 Å². The van der Waals surface area contributed by atoms with Crippen LogP contribution in [0.2, 0.25) is 0 Å². The summed E-state index contributed by atoms with van der Waals surface area (Å²) in [5, 5.41) is 7.02. The van der Waals surface area contributed by atoms with Crippen molar-refractivity contribution in [3.05, 3.63) is 47.8 Å². The van der Waals surface area contributed by atoms with Crippen molar-refractivity contribution in [1.82, 2.24) is 14.7 Å².